The number of carbonyl (C=O) groups excluding carboxylic acids is 2. The summed E-state index contributed by atoms with van der Waals surface area (Å²) in [6.45, 7) is 4.25. The number of nitrogens with two attached hydrogens (primary N) is 1. The van der Waals surface area contributed by atoms with E-state index in [9.17, 15) is 9.59 Å². The Morgan fingerprint density at radius 1 is 1.40 bits per heavy atom. The second kappa shape index (κ2) is 10.8. The molecule has 1 unspecified atom stereocenters. The fraction of sp³-hybridized carbons (Fsp3) is 0.556. The molecule has 7 heteroatoms. The Labute approximate surface area is 164 Å². The van der Waals surface area contributed by atoms with Crippen LogP contribution in [0.3, 0.4) is 0 Å². The first-order chi connectivity index (χ1) is 11.5. The molecule has 0 spiro atoms. The number of carbonyl (C=O) groups is 2. The molecule has 3 N–H and O–H groups in total. The number of amides is 2. The molecule has 1 atom stereocenters. The molecule has 2 rings (SSSR count). The van der Waals surface area contributed by atoms with E-state index in [1.165, 1.54) is 11.1 Å². The highest BCUT2D eigenvalue weighted by molar-refractivity contribution is 9.10. The van der Waals surface area contributed by atoms with E-state index < -0.39 is 0 Å². The molecule has 0 aromatic heterocycles. The molecule has 5 nitrogen and oxygen atoms in total. The molecular formula is C18H27BrClN3O2. The van der Waals surface area contributed by atoms with Crippen LogP contribution in [0.25, 0.3) is 0 Å². The van der Waals surface area contributed by atoms with Gasteiger partial charge in [0.15, 0.2) is 0 Å². The molecule has 0 radical (unpaired) electrons. The zero-order valence-corrected chi connectivity index (χ0v) is 17.0. The van der Waals surface area contributed by atoms with Gasteiger partial charge in [0.2, 0.25) is 11.8 Å². The number of hydrogen-bond donors (Lipinski definition) is 2. The van der Waals surface area contributed by atoms with E-state index in [0.717, 1.165) is 30.3 Å². The van der Waals surface area contributed by atoms with Crippen molar-refractivity contribution in [2.45, 2.75) is 32.6 Å². The Morgan fingerprint density at radius 3 is 2.84 bits per heavy atom. The zero-order valence-electron chi connectivity index (χ0n) is 14.6. The summed E-state index contributed by atoms with van der Waals surface area (Å²) in [4.78, 5) is 26.4. The van der Waals surface area contributed by atoms with Gasteiger partial charge in [0.05, 0.1) is 5.92 Å². The molecule has 1 aromatic carbocycles. The van der Waals surface area contributed by atoms with E-state index in [1.54, 1.807) is 0 Å². The van der Waals surface area contributed by atoms with Gasteiger partial charge in [-0.15, -0.1) is 12.4 Å². The van der Waals surface area contributed by atoms with Crippen LogP contribution < -0.4 is 11.1 Å². The Balaban J connectivity index is 0.00000312. The highest BCUT2D eigenvalue weighted by Crippen LogP contribution is 2.20. The highest BCUT2D eigenvalue weighted by Gasteiger charge is 2.27. The maximum absolute atomic E-state index is 12.5. The fourth-order valence-electron chi connectivity index (χ4n) is 3.03. The van der Waals surface area contributed by atoms with Gasteiger partial charge in [0.1, 0.15) is 0 Å². The van der Waals surface area contributed by atoms with Crippen molar-refractivity contribution < 1.29 is 9.59 Å². The number of halogens is 2. The van der Waals surface area contributed by atoms with Crippen molar-refractivity contribution in [3.8, 4) is 0 Å². The molecule has 1 heterocycles. The van der Waals surface area contributed by atoms with Crippen molar-refractivity contribution in [1.82, 2.24) is 10.2 Å². The minimum absolute atomic E-state index is 0. The second-order valence-corrected chi connectivity index (χ2v) is 7.20. The van der Waals surface area contributed by atoms with Crippen LogP contribution in [0, 0.1) is 12.8 Å². The van der Waals surface area contributed by atoms with Gasteiger partial charge in [-0.05, 0) is 43.4 Å². The molecule has 140 valence electrons. The second-order valence-electron chi connectivity index (χ2n) is 6.34. The highest BCUT2D eigenvalue weighted by atomic mass is 79.9. The third-order valence-corrected chi connectivity index (χ3v) is 5.33. The zero-order chi connectivity index (χ0) is 17.5. The predicted molar refractivity (Wildman–Crippen MR) is 106 cm³/mol. The van der Waals surface area contributed by atoms with Gasteiger partial charge in [-0.1, -0.05) is 28.1 Å². The third-order valence-electron chi connectivity index (χ3n) is 4.44. The Morgan fingerprint density at radius 2 is 2.16 bits per heavy atom. The molecule has 1 aromatic rings. The van der Waals surface area contributed by atoms with Crippen molar-refractivity contribution in [3.05, 3.63) is 33.8 Å². The lowest BCUT2D eigenvalue weighted by molar-refractivity contribution is -0.135. The average Bonchev–Trinajstić information content (AvgIpc) is 2.60. The topological polar surface area (TPSA) is 75.4 Å². The van der Waals surface area contributed by atoms with Crippen LogP contribution in [0.4, 0.5) is 0 Å². The minimum atomic E-state index is -0.107. The van der Waals surface area contributed by atoms with Crippen LogP contribution in [-0.2, 0) is 16.0 Å². The number of likely N-dealkylation sites (tertiary alicyclic amines) is 1. The van der Waals surface area contributed by atoms with Crippen molar-refractivity contribution in [2.75, 3.05) is 26.2 Å². The van der Waals surface area contributed by atoms with Crippen molar-refractivity contribution in [2.24, 2.45) is 11.7 Å². The summed E-state index contributed by atoms with van der Waals surface area (Å²) in [6.07, 6.45) is 2.93. The van der Waals surface area contributed by atoms with E-state index >= 15 is 0 Å². The number of hydrogen-bond acceptors (Lipinski definition) is 3. The molecule has 1 saturated heterocycles. The van der Waals surface area contributed by atoms with Crippen LogP contribution in [0.2, 0.25) is 0 Å². The van der Waals surface area contributed by atoms with Crippen LogP contribution >= 0.6 is 28.3 Å². The summed E-state index contributed by atoms with van der Waals surface area (Å²) in [5, 5.41) is 2.82. The van der Waals surface area contributed by atoms with Crippen LogP contribution in [0.5, 0.6) is 0 Å². The lowest BCUT2D eigenvalue weighted by Gasteiger charge is -2.32. The van der Waals surface area contributed by atoms with Crippen molar-refractivity contribution in [3.63, 3.8) is 0 Å². The van der Waals surface area contributed by atoms with Gasteiger partial charge in [-0.3, -0.25) is 9.59 Å². The minimum Gasteiger partial charge on any atom is -0.355 e. The third kappa shape index (κ3) is 6.60. The van der Waals surface area contributed by atoms with E-state index in [4.69, 9.17) is 5.73 Å². The summed E-state index contributed by atoms with van der Waals surface area (Å²) in [6, 6.07) is 6.17. The normalized spacial score (nSPS) is 16.9. The van der Waals surface area contributed by atoms with Crippen LogP contribution in [0.15, 0.2) is 22.7 Å². The molecule has 1 fully saturated rings. The quantitative estimate of drug-likeness (QED) is 0.725. The molecular weight excluding hydrogens is 406 g/mol. The molecule has 0 aliphatic carbocycles. The summed E-state index contributed by atoms with van der Waals surface area (Å²) in [5.74, 6) is 0.0394. The first-order valence-electron chi connectivity index (χ1n) is 8.52. The lowest BCUT2D eigenvalue weighted by atomic mass is 9.96. The number of piperidine rings is 1. The SMILES string of the molecule is Cc1cc(CCC(=O)N2CCCC(C(=O)NCCN)C2)ccc1Br.Cl. The summed E-state index contributed by atoms with van der Waals surface area (Å²) >= 11 is 3.49. The van der Waals surface area contributed by atoms with E-state index in [1.807, 2.05) is 24.0 Å². The van der Waals surface area contributed by atoms with E-state index in [-0.39, 0.29) is 30.1 Å². The van der Waals surface area contributed by atoms with Crippen LogP contribution in [-0.4, -0.2) is 42.9 Å². The van der Waals surface area contributed by atoms with Gasteiger partial charge in [-0.2, -0.15) is 0 Å². The largest absolute Gasteiger partial charge is 0.355 e. The lowest BCUT2D eigenvalue weighted by Crippen LogP contribution is -2.46. The summed E-state index contributed by atoms with van der Waals surface area (Å²) in [5.41, 5.74) is 7.76. The van der Waals surface area contributed by atoms with Gasteiger partial charge in [0, 0.05) is 37.1 Å². The van der Waals surface area contributed by atoms with Crippen molar-refractivity contribution >= 4 is 40.2 Å². The Bertz CT molecular complexity index is 598. The first-order valence-corrected chi connectivity index (χ1v) is 9.31. The molecule has 0 bridgehead atoms. The van der Waals surface area contributed by atoms with Crippen LogP contribution in [0.1, 0.15) is 30.4 Å². The maximum atomic E-state index is 12.5. The van der Waals surface area contributed by atoms with Gasteiger partial charge < -0.3 is 16.0 Å². The molecule has 25 heavy (non-hydrogen) atoms. The van der Waals surface area contributed by atoms with Gasteiger partial charge in [0.25, 0.3) is 0 Å². The van der Waals surface area contributed by atoms with Gasteiger partial charge in [-0.25, -0.2) is 0 Å². The van der Waals surface area contributed by atoms with E-state index in [0.29, 0.717) is 26.1 Å². The molecule has 2 amide bonds. The maximum Gasteiger partial charge on any atom is 0.224 e. The number of nitrogens with zero attached hydrogens (tertiary/aromatic N) is 1. The molecule has 1 aliphatic heterocycles. The number of aryl methyl sites for hydroxylation is 2. The summed E-state index contributed by atoms with van der Waals surface area (Å²) in [7, 11) is 0. The predicted octanol–water partition coefficient (Wildman–Crippen LogP) is 2.43. The van der Waals surface area contributed by atoms with Gasteiger partial charge >= 0.3 is 0 Å². The smallest absolute Gasteiger partial charge is 0.224 e. The monoisotopic (exact) mass is 431 g/mol. The van der Waals surface area contributed by atoms with E-state index in [2.05, 4.69) is 27.3 Å². The standard InChI is InChI=1S/C18H26BrN3O2.ClH/c1-13-11-14(4-6-16(13)19)5-7-17(23)22-10-2-3-15(12-22)18(24)21-9-8-20;/h4,6,11,15H,2-3,5,7-10,12,20H2,1H3,(H,21,24);1H. The summed E-state index contributed by atoms with van der Waals surface area (Å²) < 4.78 is 1.08. The fourth-order valence-corrected chi connectivity index (χ4v) is 3.28. The Hall–Kier alpha value is -1.11. The van der Waals surface area contributed by atoms with Crippen molar-refractivity contribution in [1.29, 1.82) is 0 Å². The molecule has 0 saturated carbocycles. The Kier molecular flexibility index (Phi) is 9.46. The number of nitrogens with one attached hydrogen (secondary N) is 1. The number of rotatable bonds is 6. The average molecular weight is 433 g/mol. The number of benzene rings is 1. The molecule has 1 aliphatic rings. The first kappa shape index (κ1) is 21.9.